The van der Waals surface area contributed by atoms with E-state index < -0.39 is 29.1 Å². The monoisotopic (exact) mass is 298 g/mol. The lowest BCUT2D eigenvalue weighted by molar-refractivity contribution is -0.143. The number of halogens is 6. The second-order valence-electron chi connectivity index (χ2n) is 5.03. The van der Waals surface area contributed by atoms with Crippen LogP contribution in [0.1, 0.15) is 42.4 Å². The molecule has 0 atom stereocenters. The molecule has 112 valence electrons. The van der Waals surface area contributed by atoms with Crippen molar-refractivity contribution in [3.63, 3.8) is 0 Å². The molecule has 1 aliphatic carbocycles. The molecule has 1 aromatic rings. The first-order valence-electron chi connectivity index (χ1n) is 6.05. The molecule has 1 saturated carbocycles. The van der Waals surface area contributed by atoms with E-state index in [0.717, 1.165) is 0 Å². The van der Waals surface area contributed by atoms with E-state index in [-0.39, 0.29) is 24.5 Å². The van der Waals surface area contributed by atoms with Crippen molar-refractivity contribution in [3.05, 3.63) is 34.9 Å². The molecule has 0 amide bonds. The third kappa shape index (κ3) is 2.92. The number of hydrogen-bond donors (Lipinski definition) is 1. The van der Waals surface area contributed by atoms with Gasteiger partial charge in [0.25, 0.3) is 0 Å². The van der Waals surface area contributed by atoms with Crippen LogP contribution in [0.2, 0.25) is 0 Å². The van der Waals surface area contributed by atoms with Crippen molar-refractivity contribution in [2.75, 3.05) is 0 Å². The summed E-state index contributed by atoms with van der Waals surface area (Å²) in [6.45, 7) is 0. The van der Waals surface area contributed by atoms with Crippen molar-refractivity contribution in [2.45, 2.75) is 43.6 Å². The Balaban J connectivity index is 2.57. The zero-order valence-corrected chi connectivity index (χ0v) is 10.3. The van der Waals surface area contributed by atoms with Gasteiger partial charge in [0.1, 0.15) is 0 Å². The molecular formula is C13H12F6O. The van der Waals surface area contributed by atoms with Gasteiger partial charge in [0.15, 0.2) is 0 Å². The molecule has 20 heavy (non-hydrogen) atoms. The maximum atomic E-state index is 12.7. The second-order valence-corrected chi connectivity index (χ2v) is 5.03. The average molecular weight is 298 g/mol. The molecule has 0 aromatic heterocycles. The number of aliphatic hydroxyl groups is 1. The zero-order chi connectivity index (χ0) is 15.2. The van der Waals surface area contributed by atoms with Crippen molar-refractivity contribution in [1.29, 1.82) is 0 Å². The Morgan fingerprint density at radius 2 is 1.20 bits per heavy atom. The SMILES string of the molecule is OC1(c2cc(C(F)(F)F)cc(C(F)(F)F)c2)CCCC1. The maximum Gasteiger partial charge on any atom is 0.416 e. The molecule has 1 N–H and O–H groups in total. The summed E-state index contributed by atoms with van der Waals surface area (Å²) >= 11 is 0. The van der Waals surface area contributed by atoms with Crippen LogP contribution in [0, 0.1) is 0 Å². The normalized spacial score (nSPS) is 19.4. The quantitative estimate of drug-likeness (QED) is 0.758. The van der Waals surface area contributed by atoms with Gasteiger partial charge in [-0.05, 0) is 36.6 Å². The Hall–Kier alpha value is -1.24. The summed E-state index contributed by atoms with van der Waals surface area (Å²) in [5, 5.41) is 10.2. The standard InChI is InChI=1S/C13H12F6O/c14-12(15,16)9-5-8(11(20)3-1-2-4-11)6-10(7-9)13(17,18)19/h5-7,20H,1-4H2. The van der Waals surface area contributed by atoms with Crippen LogP contribution in [-0.4, -0.2) is 5.11 Å². The second kappa shape index (κ2) is 4.65. The summed E-state index contributed by atoms with van der Waals surface area (Å²) in [7, 11) is 0. The van der Waals surface area contributed by atoms with Crippen LogP contribution in [0.4, 0.5) is 26.3 Å². The zero-order valence-electron chi connectivity index (χ0n) is 10.3. The van der Waals surface area contributed by atoms with Crippen LogP contribution in [0.15, 0.2) is 18.2 Å². The van der Waals surface area contributed by atoms with E-state index in [1.54, 1.807) is 0 Å². The molecule has 2 rings (SSSR count). The van der Waals surface area contributed by atoms with Crippen molar-refractivity contribution >= 4 is 0 Å². The van der Waals surface area contributed by atoms with Crippen LogP contribution >= 0.6 is 0 Å². The molecule has 1 fully saturated rings. The van der Waals surface area contributed by atoms with Crippen LogP contribution in [-0.2, 0) is 18.0 Å². The molecule has 0 aliphatic heterocycles. The molecule has 0 saturated heterocycles. The van der Waals surface area contributed by atoms with Gasteiger partial charge < -0.3 is 5.11 Å². The molecule has 0 heterocycles. The largest absolute Gasteiger partial charge is 0.416 e. The fraction of sp³-hybridized carbons (Fsp3) is 0.538. The Kier molecular flexibility index (Phi) is 3.52. The van der Waals surface area contributed by atoms with E-state index in [4.69, 9.17) is 0 Å². The minimum atomic E-state index is -4.88. The van der Waals surface area contributed by atoms with Gasteiger partial charge in [0.05, 0.1) is 16.7 Å². The fourth-order valence-corrected chi connectivity index (χ4v) is 2.47. The van der Waals surface area contributed by atoms with E-state index in [2.05, 4.69) is 0 Å². The average Bonchev–Trinajstić information content (AvgIpc) is 2.75. The highest BCUT2D eigenvalue weighted by Gasteiger charge is 2.40. The van der Waals surface area contributed by atoms with E-state index >= 15 is 0 Å². The lowest BCUT2D eigenvalue weighted by Gasteiger charge is -2.25. The van der Waals surface area contributed by atoms with Gasteiger partial charge in [0.2, 0.25) is 0 Å². The summed E-state index contributed by atoms with van der Waals surface area (Å²) in [5.74, 6) is 0. The smallest absolute Gasteiger partial charge is 0.385 e. The molecule has 0 bridgehead atoms. The molecule has 0 unspecified atom stereocenters. The van der Waals surface area contributed by atoms with Crippen LogP contribution in [0.5, 0.6) is 0 Å². The number of rotatable bonds is 1. The fourth-order valence-electron chi connectivity index (χ4n) is 2.47. The Bertz CT molecular complexity index is 464. The minimum absolute atomic E-state index is 0.0712. The van der Waals surface area contributed by atoms with Gasteiger partial charge in [-0.3, -0.25) is 0 Å². The Morgan fingerprint density at radius 3 is 1.55 bits per heavy atom. The van der Waals surface area contributed by atoms with Crippen molar-refractivity contribution in [1.82, 2.24) is 0 Å². The molecule has 0 radical (unpaired) electrons. The third-order valence-electron chi connectivity index (χ3n) is 3.56. The lowest BCUT2D eigenvalue weighted by atomic mass is 9.89. The highest BCUT2D eigenvalue weighted by Crippen LogP contribution is 2.43. The molecule has 7 heteroatoms. The van der Waals surface area contributed by atoms with E-state index in [9.17, 15) is 31.4 Å². The van der Waals surface area contributed by atoms with Gasteiger partial charge in [-0.25, -0.2) is 0 Å². The third-order valence-corrected chi connectivity index (χ3v) is 3.56. The van der Waals surface area contributed by atoms with Crippen molar-refractivity contribution in [2.24, 2.45) is 0 Å². The molecule has 1 aliphatic rings. The number of benzene rings is 1. The number of alkyl halides is 6. The highest BCUT2D eigenvalue weighted by atomic mass is 19.4. The van der Waals surface area contributed by atoms with Crippen molar-refractivity contribution in [3.8, 4) is 0 Å². The van der Waals surface area contributed by atoms with Crippen LogP contribution in [0.3, 0.4) is 0 Å². The predicted molar refractivity (Wildman–Crippen MR) is 58.8 cm³/mol. The molecule has 1 aromatic carbocycles. The Labute approximate surface area is 111 Å². The first-order valence-corrected chi connectivity index (χ1v) is 6.05. The molecule has 0 spiro atoms. The number of hydrogen-bond acceptors (Lipinski definition) is 1. The van der Waals surface area contributed by atoms with Gasteiger partial charge in [-0.15, -0.1) is 0 Å². The summed E-state index contributed by atoms with van der Waals surface area (Å²) in [5.41, 5.74) is -4.68. The Morgan fingerprint density at radius 1 is 0.800 bits per heavy atom. The summed E-state index contributed by atoms with van der Waals surface area (Å²) < 4.78 is 76.2. The first kappa shape index (κ1) is 15.2. The lowest BCUT2D eigenvalue weighted by Crippen LogP contribution is -2.23. The van der Waals surface area contributed by atoms with E-state index in [1.165, 1.54) is 0 Å². The minimum Gasteiger partial charge on any atom is -0.385 e. The van der Waals surface area contributed by atoms with Crippen molar-refractivity contribution < 1.29 is 31.4 Å². The summed E-state index contributed by atoms with van der Waals surface area (Å²) in [6, 6.07) is 1.29. The summed E-state index contributed by atoms with van der Waals surface area (Å²) in [6.07, 6.45) is -8.27. The maximum absolute atomic E-state index is 12.7. The topological polar surface area (TPSA) is 20.2 Å². The highest BCUT2D eigenvalue weighted by molar-refractivity contribution is 5.37. The van der Waals surface area contributed by atoms with Gasteiger partial charge >= 0.3 is 12.4 Å². The summed E-state index contributed by atoms with van der Waals surface area (Å²) in [4.78, 5) is 0. The van der Waals surface area contributed by atoms with E-state index in [0.29, 0.717) is 25.0 Å². The van der Waals surface area contributed by atoms with Gasteiger partial charge in [0, 0.05) is 0 Å². The van der Waals surface area contributed by atoms with Gasteiger partial charge in [-0.2, -0.15) is 26.3 Å². The van der Waals surface area contributed by atoms with Crippen LogP contribution in [0.25, 0.3) is 0 Å². The van der Waals surface area contributed by atoms with Gasteiger partial charge in [-0.1, -0.05) is 12.8 Å². The molecule has 1 nitrogen and oxygen atoms in total. The first-order chi connectivity index (χ1) is 9.02. The predicted octanol–water partition coefficient (Wildman–Crippen LogP) is 4.49. The molecular weight excluding hydrogens is 286 g/mol. The van der Waals surface area contributed by atoms with E-state index in [1.807, 2.05) is 0 Å². The van der Waals surface area contributed by atoms with Crippen LogP contribution < -0.4 is 0 Å².